The zero-order valence-electron chi connectivity index (χ0n) is 15.3. The van der Waals surface area contributed by atoms with Gasteiger partial charge in [0, 0.05) is 11.9 Å². The predicted octanol–water partition coefficient (Wildman–Crippen LogP) is 4.93. The Kier molecular flexibility index (Phi) is 5.32. The maximum absolute atomic E-state index is 12.6. The molecule has 1 unspecified atom stereocenters. The van der Waals surface area contributed by atoms with Crippen LogP contribution < -0.4 is 10.6 Å². The fraction of sp³-hybridized carbons (Fsp3) is 0.182. The normalized spacial score (nSPS) is 11.7. The highest BCUT2D eigenvalue weighted by atomic mass is 16.1. The number of rotatable bonds is 5. The molecule has 0 spiro atoms. The van der Waals surface area contributed by atoms with Crippen LogP contribution in [0.4, 0.5) is 11.4 Å². The number of pyridine rings is 1. The molecule has 3 aromatic rings. The minimum absolute atomic E-state index is 0.0697. The lowest BCUT2D eigenvalue weighted by molar-refractivity contribution is 0.0939. The topological polar surface area (TPSA) is 54.0 Å². The molecule has 0 fully saturated rings. The second-order valence-corrected chi connectivity index (χ2v) is 6.57. The van der Waals surface area contributed by atoms with E-state index < -0.39 is 0 Å². The van der Waals surface area contributed by atoms with Gasteiger partial charge in [-0.05, 0) is 55.7 Å². The third-order valence-corrected chi connectivity index (χ3v) is 4.16. The molecular formula is C22H23N3O. The minimum Gasteiger partial charge on any atom is -0.354 e. The second-order valence-electron chi connectivity index (χ2n) is 6.57. The molecule has 1 atom stereocenters. The van der Waals surface area contributed by atoms with Crippen molar-refractivity contribution in [1.29, 1.82) is 0 Å². The molecule has 26 heavy (non-hydrogen) atoms. The molecule has 1 amide bonds. The standard InChI is InChI=1S/C22H23N3O/c1-15-9-16(2)11-20(10-15)25-21-12-19(13-23-14-21)22(26)24-17(3)18-7-5-4-6-8-18/h4-14,17,25H,1-3H3,(H,24,26). The average Bonchev–Trinajstić information content (AvgIpc) is 2.61. The molecule has 2 aromatic carbocycles. The molecule has 0 radical (unpaired) electrons. The van der Waals surface area contributed by atoms with Crippen LogP contribution in [0.1, 0.15) is 40.0 Å². The summed E-state index contributed by atoms with van der Waals surface area (Å²) in [5.74, 6) is -0.141. The highest BCUT2D eigenvalue weighted by Gasteiger charge is 2.12. The molecule has 1 heterocycles. The van der Waals surface area contributed by atoms with Crippen molar-refractivity contribution in [3.63, 3.8) is 0 Å². The van der Waals surface area contributed by atoms with E-state index in [0.717, 1.165) is 16.9 Å². The van der Waals surface area contributed by atoms with Gasteiger partial charge in [0.05, 0.1) is 23.5 Å². The van der Waals surface area contributed by atoms with Gasteiger partial charge >= 0.3 is 0 Å². The molecule has 132 valence electrons. The molecule has 1 aromatic heterocycles. The number of nitrogens with one attached hydrogen (secondary N) is 2. The minimum atomic E-state index is -0.141. The van der Waals surface area contributed by atoms with Crippen molar-refractivity contribution in [1.82, 2.24) is 10.3 Å². The van der Waals surface area contributed by atoms with Gasteiger partial charge in [0.1, 0.15) is 0 Å². The Balaban J connectivity index is 1.73. The van der Waals surface area contributed by atoms with Crippen LogP contribution in [0, 0.1) is 13.8 Å². The smallest absolute Gasteiger partial charge is 0.253 e. The van der Waals surface area contributed by atoms with Gasteiger partial charge in [-0.3, -0.25) is 9.78 Å². The molecule has 0 aliphatic carbocycles. The number of hydrogen-bond donors (Lipinski definition) is 2. The largest absolute Gasteiger partial charge is 0.354 e. The van der Waals surface area contributed by atoms with Gasteiger partial charge in [-0.1, -0.05) is 36.4 Å². The number of aromatic nitrogens is 1. The molecular weight excluding hydrogens is 322 g/mol. The maximum atomic E-state index is 12.6. The number of benzene rings is 2. The van der Waals surface area contributed by atoms with E-state index in [4.69, 9.17) is 0 Å². The summed E-state index contributed by atoms with van der Waals surface area (Å²) in [6.07, 6.45) is 3.30. The van der Waals surface area contributed by atoms with E-state index in [9.17, 15) is 4.79 Å². The number of carbonyl (C=O) groups excluding carboxylic acids is 1. The summed E-state index contributed by atoms with van der Waals surface area (Å²) >= 11 is 0. The molecule has 4 heteroatoms. The van der Waals surface area contributed by atoms with E-state index in [0.29, 0.717) is 5.56 Å². The first-order valence-electron chi connectivity index (χ1n) is 8.67. The van der Waals surface area contributed by atoms with Crippen LogP contribution in [0.3, 0.4) is 0 Å². The molecule has 0 aliphatic rings. The lowest BCUT2D eigenvalue weighted by atomic mass is 10.1. The van der Waals surface area contributed by atoms with Gasteiger partial charge in [0.15, 0.2) is 0 Å². The number of amides is 1. The lowest BCUT2D eigenvalue weighted by Gasteiger charge is -2.15. The molecule has 3 rings (SSSR count). The third-order valence-electron chi connectivity index (χ3n) is 4.16. The van der Waals surface area contributed by atoms with Gasteiger partial charge in [-0.15, -0.1) is 0 Å². The van der Waals surface area contributed by atoms with E-state index in [1.807, 2.05) is 43.3 Å². The van der Waals surface area contributed by atoms with E-state index in [-0.39, 0.29) is 11.9 Å². The van der Waals surface area contributed by atoms with Crippen molar-refractivity contribution < 1.29 is 4.79 Å². The molecule has 0 saturated heterocycles. The molecule has 0 bridgehead atoms. The Hall–Kier alpha value is -3.14. The fourth-order valence-electron chi connectivity index (χ4n) is 2.95. The van der Waals surface area contributed by atoms with Crippen LogP contribution in [0.15, 0.2) is 67.0 Å². The van der Waals surface area contributed by atoms with Gasteiger partial charge in [-0.2, -0.15) is 0 Å². The zero-order valence-corrected chi connectivity index (χ0v) is 15.3. The van der Waals surface area contributed by atoms with Crippen molar-refractivity contribution in [3.05, 3.63) is 89.2 Å². The summed E-state index contributed by atoms with van der Waals surface area (Å²) in [6.45, 7) is 6.09. The van der Waals surface area contributed by atoms with Crippen LogP contribution in [0.2, 0.25) is 0 Å². The monoisotopic (exact) mass is 345 g/mol. The van der Waals surface area contributed by atoms with Crippen molar-refractivity contribution >= 4 is 17.3 Å². The Labute approximate surface area is 154 Å². The summed E-state index contributed by atoms with van der Waals surface area (Å²) in [6, 6.07) is 17.9. The Morgan fingerprint density at radius 2 is 1.62 bits per heavy atom. The first-order valence-corrected chi connectivity index (χ1v) is 8.67. The average molecular weight is 345 g/mol. The summed E-state index contributed by atoms with van der Waals surface area (Å²) < 4.78 is 0. The molecule has 0 saturated carbocycles. The van der Waals surface area contributed by atoms with E-state index in [2.05, 4.69) is 47.7 Å². The Morgan fingerprint density at radius 3 is 2.31 bits per heavy atom. The first kappa shape index (κ1) is 17.7. The number of aryl methyl sites for hydroxylation is 2. The number of nitrogens with zero attached hydrogens (tertiary/aromatic N) is 1. The summed E-state index contributed by atoms with van der Waals surface area (Å²) in [5, 5.41) is 6.34. The van der Waals surface area contributed by atoms with Crippen LogP contribution in [0.25, 0.3) is 0 Å². The van der Waals surface area contributed by atoms with E-state index in [1.165, 1.54) is 11.1 Å². The van der Waals surface area contributed by atoms with Crippen molar-refractivity contribution in [2.75, 3.05) is 5.32 Å². The zero-order chi connectivity index (χ0) is 18.5. The fourth-order valence-corrected chi connectivity index (χ4v) is 2.95. The van der Waals surface area contributed by atoms with Gasteiger partial charge in [0.25, 0.3) is 5.91 Å². The van der Waals surface area contributed by atoms with Gasteiger partial charge in [-0.25, -0.2) is 0 Å². The Bertz CT molecular complexity index is 886. The highest BCUT2D eigenvalue weighted by molar-refractivity contribution is 5.95. The first-order chi connectivity index (χ1) is 12.5. The number of carbonyl (C=O) groups is 1. The van der Waals surface area contributed by atoms with Crippen LogP contribution in [-0.2, 0) is 0 Å². The number of anilines is 2. The lowest BCUT2D eigenvalue weighted by Crippen LogP contribution is -2.26. The van der Waals surface area contributed by atoms with Crippen LogP contribution >= 0.6 is 0 Å². The number of hydrogen-bond acceptors (Lipinski definition) is 3. The van der Waals surface area contributed by atoms with Crippen molar-refractivity contribution in [3.8, 4) is 0 Å². The van der Waals surface area contributed by atoms with E-state index in [1.54, 1.807) is 12.4 Å². The summed E-state index contributed by atoms with van der Waals surface area (Å²) in [4.78, 5) is 16.8. The summed E-state index contributed by atoms with van der Waals surface area (Å²) in [7, 11) is 0. The van der Waals surface area contributed by atoms with Crippen LogP contribution in [-0.4, -0.2) is 10.9 Å². The molecule has 2 N–H and O–H groups in total. The van der Waals surface area contributed by atoms with E-state index >= 15 is 0 Å². The summed E-state index contributed by atoms with van der Waals surface area (Å²) in [5.41, 5.74) is 5.74. The van der Waals surface area contributed by atoms with Crippen molar-refractivity contribution in [2.45, 2.75) is 26.8 Å². The quantitative estimate of drug-likeness (QED) is 0.689. The molecule has 4 nitrogen and oxygen atoms in total. The van der Waals surface area contributed by atoms with Gasteiger partial charge in [0.2, 0.25) is 0 Å². The Morgan fingerprint density at radius 1 is 0.923 bits per heavy atom. The second kappa shape index (κ2) is 7.83. The SMILES string of the molecule is Cc1cc(C)cc(Nc2cncc(C(=O)NC(C)c3ccccc3)c2)c1. The molecule has 0 aliphatic heterocycles. The highest BCUT2D eigenvalue weighted by Crippen LogP contribution is 2.20. The van der Waals surface area contributed by atoms with Gasteiger partial charge < -0.3 is 10.6 Å². The van der Waals surface area contributed by atoms with Crippen LogP contribution in [0.5, 0.6) is 0 Å². The maximum Gasteiger partial charge on any atom is 0.253 e. The third kappa shape index (κ3) is 4.48. The van der Waals surface area contributed by atoms with Crippen molar-refractivity contribution in [2.24, 2.45) is 0 Å². The predicted molar refractivity (Wildman–Crippen MR) is 106 cm³/mol.